The number of piperidine rings is 1. The molecule has 128 valence electrons. The number of pyridine rings is 1. The topological polar surface area (TPSA) is 71.1 Å². The first-order valence-corrected chi connectivity index (χ1v) is 8.53. The van der Waals surface area contributed by atoms with Gasteiger partial charge in [0.2, 0.25) is 0 Å². The van der Waals surface area contributed by atoms with E-state index in [1.807, 2.05) is 37.1 Å². The van der Waals surface area contributed by atoms with Crippen LogP contribution in [-0.4, -0.2) is 45.5 Å². The Bertz CT molecular complexity index is 676. The summed E-state index contributed by atoms with van der Waals surface area (Å²) in [4.78, 5) is 26.2. The van der Waals surface area contributed by atoms with Crippen molar-refractivity contribution in [2.45, 2.75) is 39.0 Å². The zero-order valence-electron chi connectivity index (χ0n) is 14.3. The lowest BCUT2D eigenvalue weighted by Crippen LogP contribution is -2.40. The maximum atomic E-state index is 12.4. The predicted molar refractivity (Wildman–Crippen MR) is 91.0 cm³/mol. The minimum atomic E-state index is 0.0375. The first-order valence-electron chi connectivity index (χ1n) is 8.53. The zero-order chi connectivity index (χ0) is 16.9. The molecule has 1 aliphatic rings. The van der Waals surface area contributed by atoms with Crippen molar-refractivity contribution >= 4 is 5.91 Å². The maximum absolute atomic E-state index is 12.4. The van der Waals surface area contributed by atoms with Crippen LogP contribution >= 0.6 is 0 Å². The van der Waals surface area contributed by atoms with Gasteiger partial charge in [0.15, 0.2) is 6.61 Å². The molecule has 3 rings (SSSR count). The fourth-order valence-corrected chi connectivity index (χ4v) is 3.12. The molecule has 1 aliphatic heterocycles. The van der Waals surface area contributed by atoms with Gasteiger partial charge in [-0.05, 0) is 38.3 Å². The Morgan fingerprint density at radius 2 is 2.17 bits per heavy atom. The summed E-state index contributed by atoms with van der Waals surface area (Å²) in [6.07, 6.45) is 6.29. The molecule has 3 heterocycles. The molecule has 0 unspecified atom stereocenters. The van der Waals surface area contributed by atoms with Crippen molar-refractivity contribution in [3.63, 3.8) is 0 Å². The molecule has 1 N–H and O–H groups in total. The number of nitrogens with one attached hydrogen (secondary N) is 1. The second-order valence-electron chi connectivity index (χ2n) is 6.17. The van der Waals surface area contributed by atoms with E-state index in [0.717, 1.165) is 49.6 Å². The van der Waals surface area contributed by atoms with Crippen LogP contribution in [0.2, 0.25) is 0 Å². The number of amides is 1. The third-order valence-electron chi connectivity index (χ3n) is 4.51. The molecule has 6 nitrogen and oxygen atoms in total. The van der Waals surface area contributed by atoms with Crippen molar-refractivity contribution in [2.24, 2.45) is 0 Å². The van der Waals surface area contributed by atoms with Gasteiger partial charge in [-0.2, -0.15) is 0 Å². The minimum Gasteiger partial charge on any atom is -0.482 e. The highest BCUT2D eigenvalue weighted by molar-refractivity contribution is 5.77. The van der Waals surface area contributed by atoms with Crippen LogP contribution in [0, 0.1) is 6.92 Å². The summed E-state index contributed by atoms with van der Waals surface area (Å²) in [5, 5.41) is 0. The molecule has 0 radical (unpaired) electrons. The lowest BCUT2D eigenvalue weighted by Gasteiger charge is -2.31. The third-order valence-corrected chi connectivity index (χ3v) is 4.51. The maximum Gasteiger partial charge on any atom is 0.260 e. The van der Waals surface area contributed by atoms with E-state index in [-0.39, 0.29) is 12.5 Å². The summed E-state index contributed by atoms with van der Waals surface area (Å²) >= 11 is 0. The van der Waals surface area contributed by atoms with Crippen LogP contribution in [0.15, 0.2) is 24.5 Å². The molecular weight excluding hydrogens is 304 g/mol. The lowest BCUT2D eigenvalue weighted by atomic mass is 9.96. The van der Waals surface area contributed by atoms with Crippen molar-refractivity contribution in [3.8, 4) is 5.75 Å². The fourth-order valence-electron chi connectivity index (χ4n) is 3.12. The number of aryl methyl sites for hydroxylation is 2. The Labute approximate surface area is 142 Å². The van der Waals surface area contributed by atoms with Crippen molar-refractivity contribution in [1.29, 1.82) is 0 Å². The zero-order valence-corrected chi connectivity index (χ0v) is 14.3. The first-order chi connectivity index (χ1) is 11.7. The summed E-state index contributed by atoms with van der Waals surface area (Å²) in [5.74, 6) is 2.19. The molecule has 0 atom stereocenters. The Hall–Kier alpha value is -2.37. The normalized spacial score (nSPS) is 15.5. The van der Waals surface area contributed by atoms with Crippen LogP contribution in [0.1, 0.15) is 42.9 Å². The Balaban J connectivity index is 1.51. The van der Waals surface area contributed by atoms with E-state index in [4.69, 9.17) is 4.74 Å². The highest BCUT2D eigenvalue weighted by Crippen LogP contribution is 2.25. The molecule has 1 amide bonds. The monoisotopic (exact) mass is 328 g/mol. The largest absolute Gasteiger partial charge is 0.482 e. The average molecular weight is 328 g/mol. The molecule has 6 heteroatoms. The van der Waals surface area contributed by atoms with Crippen molar-refractivity contribution in [2.75, 3.05) is 19.7 Å². The van der Waals surface area contributed by atoms with Crippen LogP contribution in [0.5, 0.6) is 5.75 Å². The summed E-state index contributed by atoms with van der Waals surface area (Å²) in [5.41, 5.74) is 1.87. The molecule has 0 saturated carbocycles. The fraction of sp³-hybridized carbons (Fsp3) is 0.500. The van der Waals surface area contributed by atoms with Gasteiger partial charge in [-0.15, -0.1) is 0 Å². The summed E-state index contributed by atoms with van der Waals surface area (Å²) in [6.45, 7) is 5.57. The van der Waals surface area contributed by atoms with Crippen molar-refractivity contribution in [1.82, 2.24) is 19.9 Å². The molecule has 2 aromatic rings. The van der Waals surface area contributed by atoms with Crippen LogP contribution < -0.4 is 4.74 Å². The number of likely N-dealkylation sites (tertiary alicyclic amines) is 1. The number of carbonyl (C=O) groups excluding carboxylic acids is 1. The van der Waals surface area contributed by atoms with Gasteiger partial charge in [0.1, 0.15) is 11.6 Å². The van der Waals surface area contributed by atoms with Crippen molar-refractivity contribution < 1.29 is 9.53 Å². The number of carbonyl (C=O) groups is 1. The van der Waals surface area contributed by atoms with Gasteiger partial charge in [0.25, 0.3) is 5.91 Å². The van der Waals surface area contributed by atoms with Gasteiger partial charge < -0.3 is 14.6 Å². The predicted octanol–water partition coefficient (Wildman–Crippen LogP) is 2.46. The highest BCUT2D eigenvalue weighted by Gasteiger charge is 2.25. The summed E-state index contributed by atoms with van der Waals surface area (Å²) < 4.78 is 5.72. The number of hydrogen-bond donors (Lipinski definition) is 1. The molecular formula is C18H24N4O2. The number of nitrogens with zero attached hydrogens (tertiary/aromatic N) is 3. The first kappa shape index (κ1) is 16.5. The number of aromatic amines is 1. The Kier molecular flexibility index (Phi) is 5.13. The number of aromatic nitrogens is 3. The molecule has 24 heavy (non-hydrogen) atoms. The molecule has 0 spiro atoms. The number of ether oxygens (including phenoxy) is 1. The smallest absolute Gasteiger partial charge is 0.260 e. The number of hydrogen-bond acceptors (Lipinski definition) is 4. The minimum absolute atomic E-state index is 0.0375. The van der Waals surface area contributed by atoms with Crippen LogP contribution in [0.4, 0.5) is 0 Å². The molecule has 0 bridgehead atoms. The summed E-state index contributed by atoms with van der Waals surface area (Å²) in [7, 11) is 0. The van der Waals surface area contributed by atoms with Crippen LogP contribution in [0.3, 0.4) is 0 Å². The number of imidazole rings is 1. The molecule has 0 aliphatic carbocycles. The lowest BCUT2D eigenvalue weighted by molar-refractivity contribution is -0.134. The second kappa shape index (κ2) is 7.47. The molecule has 0 aromatic carbocycles. The van der Waals surface area contributed by atoms with E-state index in [1.54, 1.807) is 6.20 Å². The van der Waals surface area contributed by atoms with E-state index in [0.29, 0.717) is 11.7 Å². The van der Waals surface area contributed by atoms with Gasteiger partial charge in [-0.1, -0.05) is 6.92 Å². The quantitative estimate of drug-likeness (QED) is 0.915. The number of rotatable bonds is 5. The summed E-state index contributed by atoms with van der Waals surface area (Å²) in [6, 6.07) is 3.81. The van der Waals surface area contributed by atoms with E-state index in [9.17, 15) is 4.79 Å². The third kappa shape index (κ3) is 3.75. The van der Waals surface area contributed by atoms with E-state index in [1.165, 1.54) is 0 Å². The van der Waals surface area contributed by atoms with E-state index < -0.39 is 0 Å². The number of H-pyrrole nitrogens is 1. The van der Waals surface area contributed by atoms with E-state index >= 15 is 0 Å². The van der Waals surface area contributed by atoms with Gasteiger partial charge >= 0.3 is 0 Å². The van der Waals surface area contributed by atoms with Crippen molar-refractivity contribution in [3.05, 3.63) is 41.7 Å². The van der Waals surface area contributed by atoms with Gasteiger partial charge in [-0.25, -0.2) is 4.98 Å². The Morgan fingerprint density at radius 3 is 2.83 bits per heavy atom. The molecule has 2 aromatic heterocycles. The van der Waals surface area contributed by atoms with Crippen LogP contribution in [0.25, 0.3) is 0 Å². The highest BCUT2D eigenvalue weighted by atomic mass is 16.5. The van der Waals surface area contributed by atoms with Crippen LogP contribution in [-0.2, 0) is 11.2 Å². The second-order valence-corrected chi connectivity index (χ2v) is 6.17. The SMILES string of the molecule is CCc1nc(C)ccc1OCC(=O)N1CCC(c2ncc[nH]2)CC1. The van der Waals surface area contributed by atoms with Gasteiger partial charge in [0, 0.05) is 37.1 Å². The van der Waals surface area contributed by atoms with Gasteiger partial charge in [-0.3, -0.25) is 9.78 Å². The Morgan fingerprint density at radius 1 is 1.38 bits per heavy atom. The average Bonchev–Trinajstić information content (AvgIpc) is 3.15. The molecule has 1 fully saturated rings. The molecule has 1 saturated heterocycles. The standard InChI is InChI=1S/C18H24N4O2/c1-3-15-16(5-4-13(2)21-15)24-12-17(23)22-10-6-14(7-11-22)18-19-8-9-20-18/h4-5,8-9,14H,3,6-7,10-12H2,1-2H3,(H,19,20). The van der Waals surface area contributed by atoms with E-state index in [2.05, 4.69) is 15.0 Å². The van der Waals surface area contributed by atoms with Gasteiger partial charge in [0.05, 0.1) is 5.69 Å².